The van der Waals surface area contributed by atoms with E-state index in [1.807, 2.05) is 6.92 Å². The Bertz CT molecular complexity index is 800. The molecule has 1 heterocycles. The average molecular weight is 501 g/mol. The van der Waals surface area contributed by atoms with Crippen molar-refractivity contribution in [1.82, 2.24) is 0 Å². The van der Waals surface area contributed by atoms with Crippen LogP contribution < -0.4 is 0 Å². The van der Waals surface area contributed by atoms with Crippen LogP contribution in [0.5, 0.6) is 0 Å². The summed E-state index contributed by atoms with van der Waals surface area (Å²) in [5, 5.41) is 71.9. The van der Waals surface area contributed by atoms with Gasteiger partial charge in [-0.1, -0.05) is 39.3 Å². The van der Waals surface area contributed by atoms with Crippen molar-refractivity contribution in [2.24, 2.45) is 28.1 Å². The van der Waals surface area contributed by atoms with Gasteiger partial charge in [-0.2, -0.15) is 0 Å². The molecule has 3 aliphatic carbocycles. The molecule has 202 valence electrons. The Morgan fingerprint density at radius 1 is 1.03 bits per heavy atom. The first-order valence-corrected chi connectivity index (χ1v) is 12.9. The molecule has 4 rings (SSSR count). The minimum absolute atomic E-state index is 0.134. The largest absolute Gasteiger partial charge is 0.394 e. The molecule has 3 fully saturated rings. The van der Waals surface area contributed by atoms with Crippen LogP contribution in [0.15, 0.2) is 11.6 Å². The van der Waals surface area contributed by atoms with Crippen molar-refractivity contribution < 1.29 is 45.2 Å². The maximum Gasteiger partial charge on any atom is 0.186 e. The van der Waals surface area contributed by atoms with E-state index >= 15 is 0 Å². The normalized spacial score (nSPS) is 50.6. The zero-order valence-corrected chi connectivity index (χ0v) is 21.2. The molecule has 0 amide bonds. The maximum atomic E-state index is 11.1. The van der Waals surface area contributed by atoms with Gasteiger partial charge in [-0.05, 0) is 54.8 Å². The van der Waals surface area contributed by atoms with E-state index < -0.39 is 61.0 Å². The molecule has 0 bridgehead atoms. The van der Waals surface area contributed by atoms with Gasteiger partial charge in [-0.25, -0.2) is 0 Å². The topological polar surface area (TPSA) is 160 Å². The minimum Gasteiger partial charge on any atom is -0.394 e. The van der Waals surface area contributed by atoms with Crippen LogP contribution in [0.4, 0.5) is 0 Å². The molecular formula is C26H44O9. The van der Waals surface area contributed by atoms with Gasteiger partial charge in [-0.15, -0.1) is 0 Å². The molecule has 9 nitrogen and oxygen atoms in total. The fourth-order valence-electron chi connectivity index (χ4n) is 7.74. The molecule has 12 atom stereocenters. The smallest absolute Gasteiger partial charge is 0.186 e. The van der Waals surface area contributed by atoms with Gasteiger partial charge < -0.3 is 45.2 Å². The Morgan fingerprint density at radius 3 is 2.37 bits per heavy atom. The first-order valence-electron chi connectivity index (χ1n) is 12.9. The van der Waals surface area contributed by atoms with E-state index in [1.54, 1.807) is 0 Å². The first kappa shape index (κ1) is 27.4. The summed E-state index contributed by atoms with van der Waals surface area (Å²) in [4.78, 5) is 0. The second-order valence-corrected chi connectivity index (χ2v) is 12.5. The first-order chi connectivity index (χ1) is 16.3. The summed E-state index contributed by atoms with van der Waals surface area (Å²) in [7, 11) is 0. The molecule has 1 saturated heterocycles. The molecule has 0 aromatic heterocycles. The lowest BCUT2D eigenvalue weighted by molar-refractivity contribution is -0.306. The van der Waals surface area contributed by atoms with Gasteiger partial charge in [-0.3, -0.25) is 0 Å². The molecule has 0 aromatic rings. The molecular weight excluding hydrogens is 456 g/mol. The lowest BCUT2D eigenvalue weighted by atomic mass is 9.44. The fraction of sp³-hybridized carbons (Fsp3) is 0.923. The molecule has 35 heavy (non-hydrogen) atoms. The van der Waals surface area contributed by atoms with Crippen molar-refractivity contribution in [1.29, 1.82) is 0 Å². The van der Waals surface area contributed by atoms with E-state index in [0.29, 0.717) is 18.8 Å². The summed E-state index contributed by atoms with van der Waals surface area (Å²) >= 11 is 0. The van der Waals surface area contributed by atoms with Crippen LogP contribution in [0.3, 0.4) is 0 Å². The number of fused-ring (bicyclic) bond motifs is 3. The van der Waals surface area contributed by atoms with Gasteiger partial charge >= 0.3 is 0 Å². The highest BCUT2D eigenvalue weighted by atomic mass is 16.7. The number of rotatable bonds is 5. The summed E-state index contributed by atoms with van der Waals surface area (Å²) in [5.74, 6) is 0.564. The third-order valence-corrected chi connectivity index (χ3v) is 9.95. The molecule has 0 spiro atoms. The van der Waals surface area contributed by atoms with Crippen LogP contribution in [0.1, 0.15) is 59.8 Å². The Balaban J connectivity index is 1.46. The number of hydrogen-bond donors (Lipinski definition) is 7. The van der Waals surface area contributed by atoms with Crippen LogP contribution >= 0.6 is 0 Å². The zero-order valence-electron chi connectivity index (χ0n) is 21.2. The van der Waals surface area contributed by atoms with Gasteiger partial charge in [0.25, 0.3) is 0 Å². The van der Waals surface area contributed by atoms with Crippen molar-refractivity contribution in [3.8, 4) is 0 Å². The standard InChI is InChI=1S/C26H44O9/c1-24(2)17-6-5-13-9-25(3,8-7-14(13)26(17,4)10-15(28)22(24)33)18(29)12-34-23-21(32)20(31)19(30)16(11-27)35-23/h9,14-23,27-33H,5-8,10-12H2,1-4H3/t14-,15-,16-,17-,18+,19-,20+,21-,22+,23-,25+,26+/m1/s1. The van der Waals surface area contributed by atoms with Gasteiger partial charge in [0, 0.05) is 5.41 Å². The molecule has 7 N–H and O–H groups in total. The monoisotopic (exact) mass is 500 g/mol. The Morgan fingerprint density at radius 2 is 1.71 bits per heavy atom. The second kappa shape index (κ2) is 9.60. The number of ether oxygens (including phenoxy) is 2. The lowest BCUT2D eigenvalue weighted by Gasteiger charge is -2.62. The predicted octanol–water partition coefficient (Wildman–Crippen LogP) is 0.0745. The van der Waals surface area contributed by atoms with E-state index in [2.05, 4.69) is 26.8 Å². The fourth-order valence-corrected chi connectivity index (χ4v) is 7.74. The molecule has 2 saturated carbocycles. The predicted molar refractivity (Wildman–Crippen MR) is 126 cm³/mol. The van der Waals surface area contributed by atoms with Gasteiger partial charge in [0.2, 0.25) is 0 Å². The summed E-state index contributed by atoms with van der Waals surface area (Å²) in [6.07, 6.45) is -3.14. The van der Waals surface area contributed by atoms with Crippen molar-refractivity contribution in [3.63, 3.8) is 0 Å². The Labute approximate surface area is 207 Å². The van der Waals surface area contributed by atoms with Gasteiger partial charge in [0.1, 0.15) is 24.4 Å². The summed E-state index contributed by atoms with van der Waals surface area (Å²) < 4.78 is 11.0. The van der Waals surface area contributed by atoms with E-state index in [1.165, 1.54) is 5.57 Å². The van der Waals surface area contributed by atoms with Crippen LogP contribution in [0.2, 0.25) is 0 Å². The average Bonchev–Trinajstić information content (AvgIpc) is 2.80. The second-order valence-electron chi connectivity index (χ2n) is 12.5. The maximum absolute atomic E-state index is 11.1. The lowest BCUT2D eigenvalue weighted by Crippen LogP contribution is -2.60. The molecule has 1 aliphatic heterocycles. The Kier molecular flexibility index (Phi) is 7.52. The summed E-state index contributed by atoms with van der Waals surface area (Å²) in [6.45, 7) is 7.66. The van der Waals surface area contributed by atoms with Crippen molar-refractivity contribution in [2.75, 3.05) is 13.2 Å². The van der Waals surface area contributed by atoms with Gasteiger partial charge in [0.05, 0.1) is 31.5 Å². The quantitative estimate of drug-likeness (QED) is 0.259. The minimum atomic E-state index is -1.53. The van der Waals surface area contributed by atoms with Crippen LogP contribution in [0.25, 0.3) is 0 Å². The van der Waals surface area contributed by atoms with Crippen LogP contribution in [-0.4, -0.2) is 98.0 Å². The molecule has 0 radical (unpaired) electrons. The van der Waals surface area contributed by atoms with Crippen LogP contribution in [0, 0.1) is 28.1 Å². The van der Waals surface area contributed by atoms with Crippen LogP contribution in [-0.2, 0) is 9.47 Å². The number of aliphatic hydroxyl groups excluding tert-OH is 7. The van der Waals surface area contributed by atoms with E-state index in [-0.39, 0.29) is 23.4 Å². The SMILES string of the molecule is CC1(C)[C@H]2CCC3=C[C@@](C)([C@@H](O)CO[C@@H]4O[C@H](CO)[C@@H](O)[C@H](O)[C@H]4O)CC[C@H]3[C@]2(C)C[C@@H](O)[C@@H]1O. The summed E-state index contributed by atoms with van der Waals surface area (Å²) in [6, 6.07) is 0. The highest BCUT2D eigenvalue weighted by molar-refractivity contribution is 5.26. The highest BCUT2D eigenvalue weighted by Crippen LogP contribution is 2.64. The third kappa shape index (κ3) is 4.51. The van der Waals surface area contributed by atoms with E-state index in [4.69, 9.17) is 9.47 Å². The molecule has 0 aromatic carbocycles. The molecule has 9 heteroatoms. The molecule has 0 unspecified atom stereocenters. The van der Waals surface area contributed by atoms with Crippen molar-refractivity contribution in [3.05, 3.63) is 11.6 Å². The van der Waals surface area contributed by atoms with E-state index in [0.717, 1.165) is 19.3 Å². The number of hydrogen-bond acceptors (Lipinski definition) is 9. The third-order valence-electron chi connectivity index (χ3n) is 9.95. The Hall–Kier alpha value is -0.620. The zero-order chi connectivity index (χ0) is 25.9. The van der Waals surface area contributed by atoms with E-state index in [9.17, 15) is 35.7 Å². The number of allylic oxidation sites excluding steroid dienone is 1. The van der Waals surface area contributed by atoms with Gasteiger partial charge in [0.15, 0.2) is 6.29 Å². The summed E-state index contributed by atoms with van der Waals surface area (Å²) in [5.41, 5.74) is 0.206. The number of aliphatic hydroxyl groups is 7. The van der Waals surface area contributed by atoms with Crippen molar-refractivity contribution in [2.45, 2.75) is 109 Å². The highest BCUT2D eigenvalue weighted by Gasteiger charge is 2.60. The molecule has 4 aliphatic rings. The van der Waals surface area contributed by atoms with Crippen molar-refractivity contribution >= 4 is 0 Å².